The summed E-state index contributed by atoms with van der Waals surface area (Å²) in [5, 5.41) is 9.75. The van der Waals surface area contributed by atoms with E-state index in [1.54, 1.807) is 18.4 Å². The van der Waals surface area contributed by atoms with Crippen LogP contribution in [0.4, 0.5) is 11.8 Å². The molecule has 3 N–H and O–H groups in total. The summed E-state index contributed by atoms with van der Waals surface area (Å²) in [6.07, 6.45) is 0.964. The summed E-state index contributed by atoms with van der Waals surface area (Å²) >= 11 is 1.65. The Balaban J connectivity index is 2.29. The first-order valence-electron chi connectivity index (χ1n) is 6.66. The zero-order valence-electron chi connectivity index (χ0n) is 11.9. The number of likely N-dealkylation sites (N-methyl/N-ethyl adjacent to an activating group) is 1. The molecule has 1 amide bonds. The number of carbonyl (C=O) groups excluding carboxylic acids is 1. The van der Waals surface area contributed by atoms with Gasteiger partial charge in [0.05, 0.1) is 11.9 Å². The number of thiophene rings is 1. The minimum atomic E-state index is -0.0452. The molecule has 0 radical (unpaired) electrons. The second kappa shape index (κ2) is 6.51. The Morgan fingerprint density at radius 2 is 2.15 bits per heavy atom. The van der Waals surface area contributed by atoms with Crippen LogP contribution in [0.25, 0.3) is 10.2 Å². The fourth-order valence-electron chi connectivity index (χ4n) is 1.82. The number of amides is 1. The number of rotatable bonds is 6. The molecule has 0 aliphatic heterocycles. The number of hydrogen-bond acceptors (Lipinski definition) is 6. The quantitative estimate of drug-likeness (QED) is 0.757. The van der Waals surface area contributed by atoms with Gasteiger partial charge in [0.15, 0.2) is 0 Å². The Morgan fingerprint density at radius 3 is 2.80 bits per heavy atom. The lowest BCUT2D eigenvalue weighted by Gasteiger charge is -2.08. The van der Waals surface area contributed by atoms with Gasteiger partial charge in [-0.2, -0.15) is 4.98 Å². The number of anilines is 2. The first-order chi connectivity index (χ1) is 9.67. The largest absolute Gasteiger partial charge is 0.360 e. The molecule has 0 fully saturated rings. The molecule has 7 heteroatoms. The Morgan fingerprint density at radius 1 is 1.35 bits per heavy atom. The predicted octanol–water partition coefficient (Wildman–Crippen LogP) is 1.84. The summed E-state index contributed by atoms with van der Waals surface area (Å²) in [6.45, 7) is 4.84. The third-order valence-electron chi connectivity index (χ3n) is 2.81. The van der Waals surface area contributed by atoms with Gasteiger partial charge in [-0.15, -0.1) is 11.3 Å². The summed E-state index contributed by atoms with van der Waals surface area (Å²) in [6, 6.07) is 2.08. The van der Waals surface area contributed by atoms with Crippen LogP contribution < -0.4 is 16.0 Å². The number of hydrogen-bond donors (Lipinski definition) is 3. The maximum atomic E-state index is 11.5. The molecule has 0 saturated heterocycles. The van der Waals surface area contributed by atoms with E-state index in [1.807, 2.05) is 6.92 Å². The van der Waals surface area contributed by atoms with Gasteiger partial charge in [-0.3, -0.25) is 4.79 Å². The summed E-state index contributed by atoms with van der Waals surface area (Å²) in [4.78, 5) is 22.6. The lowest BCUT2D eigenvalue weighted by molar-refractivity contribution is -0.119. The van der Waals surface area contributed by atoms with Crippen molar-refractivity contribution in [3.8, 4) is 0 Å². The predicted molar refractivity (Wildman–Crippen MR) is 83.5 cm³/mol. The molecule has 2 rings (SSSR count). The van der Waals surface area contributed by atoms with E-state index in [0.717, 1.165) is 16.6 Å². The van der Waals surface area contributed by atoms with E-state index in [4.69, 9.17) is 0 Å². The van der Waals surface area contributed by atoms with Crippen LogP contribution in [0.2, 0.25) is 0 Å². The standard InChI is InChI=1S/C13H19N5OS/c1-4-8-6-9-11(16-7-10(19)15-5-2)17-13(14-3)18-12(9)20-8/h6H,4-5,7H2,1-3H3,(H,15,19)(H2,14,16,17,18). The molecule has 2 aromatic rings. The van der Waals surface area contributed by atoms with E-state index >= 15 is 0 Å². The lowest BCUT2D eigenvalue weighted by Crippen LogP contribution is -2.29. The number of aryl methyl sites for hydroxylation is 1. The fourth-order valence-corrected chi connectivity index (χ4v) is 2.78. The van der Waals surface area contributed by atoms with E-state index in [1.165, 1.54) is 4.88 Å². The fraction of sp³-hybridized carbons (Fsp3) is 0.462. The first kappa shape index (κ1) is 14.5. The summed E-state index contributed by atoms with van der Waals surface area (Å²) in [5.41, 5.74) is 0. The summed E-state index contributed by atoms with van der Waals surface area (Å²) < 4.78 is 0. The van der Waals surface area contributed by atoms with Gasteiger partial charge in [0, 0.05) is 18.5 Å². The highest BCUT2D eigenvalue weighted by atomic mass is 32.1. The molecule has 0 bridgehead atoms. The van der Waals surface area contributed by atoms with Crippen molar-refractivity contribution < 1.29 is 4.79 Å². The smallest absolute Gasteiger partial charge is 0.239 e. The minimum absolute atomic E-state index is 0.0452. The molecule has 0 saturated carbocycles. The van der Waals surface area contributed by atoms with Crippen LogP contribution in [0.3, 0.4) is 0 Å². The first-order valence-corrected chi connectivity index (χ1v) is 7.48. The van der Waals surface area contributed by atoms with Gasteiger partial charge in [0.25, 0.3) is 0 Å². The van der Waals surface area contributed by atoms with Gasteiger partial charge in [-0.25, -0.2) is 4.98 Å². The topological polar surface area (TPSA) is 78.9 Å². The van der Waals surface area contributed by atoms with Crippen LogP contribution in [0, 0.1) is 0 Å². The lowest BCUT2D eigenvalue weighted by atomic mass is 10.3. The van der Waals surface area contributed by atoms with Crippen molar-refractivity contribution in [1.82, 2.24) is 15.3 Å². The van der Waals surface area contributed by atoms with Crippen molar-refractivity contribution in [1.29, 1.82) is 0 Å². The zero-order chi connectivity index (χ0) is 14.5. The number of aromatic nitrogens is 2. The molecular weight excluding hydrogens is 274 g/mol. The molecule has 2 aromatic heterocycles. The molecule has 2 heterocycles. The minimum Gasteiger partial charge on any atom is -0.360 e. The van der Waals surface area contributed by atoms with E-state index in [-0.39, 0.29) is 12.5 Å². The van der Waals surface area contributed by atoms with Crippen molar-refractivity contribution in [3.05, 3.63) is 10.9 Å². The molecular formula is C13H19N5OS. The molecule has 0 atom stereocenters. The third-order valence-corrected chi connectivity index (χ3v) is 3.98. The van der Waals surface area contributed by atoms with Crippen LogP contribution in [0.1, 0.15) is 18.7 Å². The normalized spacial score (nSPS) is 10.6. The second-order valence-corrected chi connectivity index (χ2v) is 5.35. The molecule has 0 aliphatic rings. The van der Waals surface area contributed by atoms with E-state index in [9.17, 15) is 4.79 Å². The molecule has 0 unspecified atom stereocenters. The average molecular weight is 293 g/mol. The van der Waals surface area contributed by atoms with E-state index in [0.29, 0.717) is 18.3 Å². The van der Waals surface area contributed by atoms with Gasteiger partial charge >= 0.3 is 0 Å². The Bertz CT molecular complexity index is 610. The van der Waals surface area contributed by atoms with Crippen molar-refractivity contribution in [2.45, 2.75) is 20.3 Å². The molecule has 0 aliphatic carbocycles. The van der Waals surface area contributed by atoms with Crippen LogP contribution in [-0.4, -0.2) is 36.0 Å². The van der Waals surface area contributed by atoms with Crippen molar-refractivity contribution in [3.63, 3.8) is 0 Å². The Hall–Kier alpha value is -1.89. The van der Waals surface area contributed by atoms with Crippen LogP contribution in [0.5, 0.6) is 0 Å². The maximum Gasteiger partial charge on any atom is 0.239 e. The van der Waals surface area contributed by atoms with E-state index < -0.39 is 0 Å². The third kappa shape index (κ3) is 3.16. The van der Waals surface area contributed by atoms with E-state index in [2.05, 4.69) is 38.9 Å². The van der Waals surface area contributed by atoms with Crippen LogP contribution in [-0.2, 0) is 11.2 Å². The number of fused-ring (bicyclic) bond motifs is 1. The average Bonchev–Trinajstić information content (AvgIpc) is 2.87. The van der Waals surface area contributed by atoms with Crippen molar-refractivity contribution >= 4 is 39.2 Å². The molecule has 20 heavy (non-hydrogen) atoms. The van der Waals surface area contributed by atoms with Gasteiger partial charge in [0.2, 0.25) is 11.9 Å². The van der Waals surface area contributed by atoms with Gasteiger partial charge in [-0.1, -0.05) is 6.92 Å². The molecule has 0 spiro atoms. The second-order valence-electron chi connectivity index (χ2n) is 4.24. The number of nitrogens with zero attached hydrogens (tertiary/aromatic N) is 2. The van der Waals surface area contributed by atoms with Crippen LogP contribution >= 0.6 is 11.3 Å². The SMILES string of the molecule is CCNC(=O)CNc1nc(NC)nc2sc(CC)cc12. The summed E-state index contributed by atoms with van der Waals surface area (Å²) in [7, 11) is 1.78. The van der Waals surface area contributed by atoms with Crippen molar-refractivity contribution in [2.24, 2.45) is 0 Å². The number of nitrogens with one attached hydrogen (secondary N) is 3. The highest BCUT2D eigenvalue weighted by Crippen LogP contribution is 2.30. The Labute approximate surface area is 122 Å². The van der Waals surface area contributed by atoms with Crippen LogP contribution in [0.15, 0.2) is 6.07 Å². The maximum absolute atomic E-state index is 11.5. The molecule has 108 valence electrons. The zero-order valence-corrected chi connectivity index (χ0v) is 12.7. The van der Waals surface area contributed by atoms with Gasteiger partial charge < -0.3 is 16.0 Å². The van der Waals surface area contributed by atoms with Crippen molar-refractivity contribution in [2.75, 3.05) is 30.8 Å². The van der Waals surface area contributed by atoms with Gasteiger partial charge in [0.1, 0.15) is 10.6 Å². The highest BCUT2D eigenvalue weighted by molar-refractivity contribution is 7.18. The van der Waals surface area contributed by atoms with Gasteiger partial charge in [-0.05, 0) is 19.4 Å². The highest BCUT2D eigenvalue weighted by Gasteiger charge is 2.11. The molecule has 6 nitrogen and oxygen atoms in total. The Kier molecular flexibility index (Phi) is 4.73. The number of carbonyl (C=O) groups is 1. The monoisotopic (exact) mass is 293 g/mol. The molecule has 0 aromatic carbocycles. The summed E-state index contributed by atoms with van der Waals surface area (Å²) in [5.74, 6) is 1.21.